The molecule has 6 heteroatoms. The van der Waals surface area contributed by atoms with E-state index in [0.29, 0.717) is 13.2 Å². The molecule has 2 aliphatic carbocycles. The number of benzene rings is 1. The predicted molar refractivity (Wildman–Crippen MR) is 71.1 cm³/mol. The van der Waals surface area contributed by atoms with Gasteiger partial charge in [-0.05, 0) is 36.1 Å². The van der Waals surface area contributed by atoms with Gasteiger partial charge in [0, 0.05) is 18.3 Å². The molecule has 4 rings (SSSR count). The van der Waals surface area contributed by atoms with Crippen molar-refractivity contribution in [3.05, 3.63) is 35.4 Å². The summed E-state index contributed by atoms with van der Waals surface area (Å²) < 4.78 is 39.0. The second kappa shape index (κ2) is 4.73. The molecular weight excluding hydrogens is 294 g/mol. The first-order valence-electron chi connectivity index (χ1n) is 7.47. The second-order valence-electron chi connectivity index (χ2n) is 6.36. The summed E-state index contributed by atoms with van der Waals surface area (Å²) in [5.41, 5.74) is 0.160. The third-order valence-corrected chi connectivity index (χ3v) is 5.21. The minimum absolute atomic E-state index is 0.0377. The zero-order valence-corrected chi connectivity index (χ0v) is 11.8. The highest BCUT2D eigenvalue weighted by Crippen LogP contribution is 2.65. The van der Waals surface area contributed by atoms with E-state index in [1.54, 1.807) is 0 Å². The number of fused-ring (bicyclic) bond motifs is 2. The summed E-state index contributed by atoms with van der Waals surface area (Å²) in [5.74, 6) is -4.29. The van der Waals surface area contributed by atoms with Gasteiger partial charge in [0.25, 0.3) is 0 Å². The zero-order valence-electron chi connectivity index (χ0n) is 11.8. The van der Waals surface area contributed by atoms with Gasteiger partial charge in [0.05, 0.1) is 19.1 Å². The molecule has 1 heterocycles. The zero-order chi connectivity index (χ0) is 15.5. The molecule has 1 aromatic rings. The van der Waals surface area contributed by atoms with Crippen molar-refractivity contribution < 1.29 is 28.2 Å². The van der Waals surface area contributed by atoms with Crippen LogP contribution in [0.3, 0.4) is 0 Å². The van der Waals surface area contributed by atoms with Crippen LogP contribution in [-0.4, -0.2) is 30.1 Å². The van der Waals surface area contributed by atoms with E-state index in [4.69, 9.17) is 9.47 Å². The standard InChI is InChI=1S/C16H16F2O4/c17-8-1-2-13(18)10(5-8)14-9-6-12(9)16(21-3-4-22-16)7-11(14)15(19)20/h1-2,5,9,11-12,14H,3-4,6-7H2,(H,19,20)/t9?,11-,12?,14+/m0/s1. The monoisotopic (exact) mass is 310 g/mol. The number of hydrogen-bond acceptors (Lipinski definition) is 3. The number of hydrogen-bond donors (Lipinski definition) is 1. The minimum Gasteiger partial charge on any atom is -0.481 e. The maximum atomic E-state index is 14.1. The summed E-state index contributed by atoms with van der Waals surface area (Å²) in [5, 5.41) is 9.58. The lowest BCUT2D eigenvalue weighted by Gasteiger charge is -2.39. The van der Waals surface area contributed by atoms with E-state index >= 15 is 0 Å². The molecule has 3 fully saturated rings. The molecule has 1 saturated heterocycles. The largest absolute Gasteiger partial charge is 0.481 e. The molecule has 1 spiro atoms. The Morgan fingerprint density at radius 1 is 1.27 bits per heavy atom. The fourth-order valence-electron chi connectivity index (χ4n) is 4.26. The molecule has 3 aliphatic rings. The maximum absolute atomic E-state index is 14.1. The van der Waals surface area contributed by atoms with E-state index in [-0.39, 0.29) is 23.8 Å². The summed E-state index contributed by atoms with van der Waals surface area (Å²) in [4.78, 5) is 11.7. The SMILES string of the molecule is O=C(O)[C@H]1CC2(OCCO2)C2CC2[C@@H]1c1cc(F)ccc1F. The van der Waals surface area contributed by atoms with Gasteiger partial charge in [0.15, 0.2) is 5.79 Å². The van der Waals surface area contributed by atoms with Gasteiger partial charge in [-0.25, -0.2) is 8.78 Å². The van der Waals surface area contributed by atoms with Crippen molar-refractivity contribution in [1.82, 2.24) is 0 Å². The van der Waals surface area contributed by atoms with E-state index in [9.17, 15) is 18.7 Å². The normalized spacial score (nSPS) is 35.4. The van der Waals surface area contributed by atoms with Gasteiger partial charge in [-0.2, -0.15) is 0 Å². The first-order valence-corrected chi connectivity index (χ1v) is 7.47. The van der Waals surface area contributed by atoms with E-state index in [2.05, 4.69) is 0 Å². The molecular formula is C16H16F2O4. The van der Waals surface area contributed by atoms with Crippen LogP contribution in [0.1, 0.15) is 24.3 Å². The van der Waals surface area contributed by atoms with Gasteiger partial charge < -0.3 is 14.6 Å². The van der Waals surface area contributed by atoms with Crippen molar-refractivity contribution in [3.8, 4) is 0 Å². The fraction of sp³-hybridized carbons (Fsp3) is 0.562. The molecule has 1 aromatic carbocycles. The first kappa shape index (κ1) is 14.1. The number of carbonyl (C=O) groups is 1. The highest BCUT2D eigenvalue weighted by Gasteiger charge is 2.66. The van der Waals surface area contributed by atoms with Crippen LogP contribution >= 0.6 is 0 Å². The van der Waals surface area contributed by atoms with E-state index in [1.807, 2.05) is 0 Å². The van der Waals surface area contributed by atoms with Gasteiger partial charge >= 0.3 is 5.97 Å². The topological polar surface area (TPSA) is 55.8 Å². The van der Waals surface area contributed by atoms with E-state index in [1.165, 1.54) is 0 Å². The molecule has 0 bridgehead atoms. The summed E-state index contributed by atoms with van der Waals surface area (Å²) in [6.45, 7) is 0.906. The van der Waals surface area contributed by atoms with Crippen LogP contribution in [0.5, 0.6) is 0 Å². The molecule has 4 atom stereocenters. The number of rotatable bonds is 2. The Balaban J connectivity index is 1.73. The number of carboxylic acid groups (broad SMARTS) is 1. The van der Waals surface area contributed by atoms with Crippen molar-refractivity contribution in [2.24, 2.45) is 17.8 Å². The fourth-order valence-corrected chi connectivity index (χ4v) is 4.26. The van der Waals surface area contributed by atoms with Crippen LogP contribution in [0, 0.1) is 29.4 Å². The Bertz CT molecular complexity index is 627. The highest BCUT2D eigenvalue weighted by molar-refractivity contribution is 5.72. The Labute approximate surface area is 126 Å². The highest BCUT2D eigenvalue weighted by atomic mass is 19.1. The molecule has 1 aliphatic heterocycles. The second-order valence-corrected chi connectivity index (χ2v) is 6.36. The summed E-state index contributed by atoms with van der Waals surface area (Å²) in [6.07, 6.45) is 0.911. The molecule has 2 unspecified atom stereocenters. The van der Waals surface area contributed by atoms with Crippen molar-refractivity contribution in [3.63, 3.8) is 0 Å². The predicted octanol–water partition coefficient (Wildman–Crippen LogP) is 2.53. The van der Waals surface area contributed by atoms with Crippen molar-refractivity contribution in [1.29, 1.82) is 0 Å². The lowest BCUT2D eigenvalue weighted by molar-refractivity contribution is -0.205. The van der Waals surface area contributed by atoms with Crippen LogP contribution < -0.4 is 0 Å². The molecule has 2 saturated carbocycles. The molecule has 0 aromatic heterocycles. The van der Waals surface area contributed by atoms with Gasteiger partial charge in [0.2, 0.25) is 0 Å². The Hall–Kier alpha value is -1.53. The molecule has 118 valence electrons. The van der Waals surface area contributed by atoms with Gasteiger partial charge in [0.1, 0.15) is 11.6 Å². The average Bonchev–Trinajstić information content (AvgIpc) is 3.16. The average molecular weight is 310 g/mol. The molecule has 1 N–H and O–H groups in total. The number of carboxylic acids is 1. The molecule has 22 heavy (non-hydrogen) atoms. The smallest absolute Gasteiger partial charge is 0.307 e. The van der Waals surface area contributed by atoms with Crippen LogP contribution in [0.25, 0.3) is 0 Å². The van der Waals surface area contributed by atoms with E-state index in [0.717, 1.165) is 24.6 Å². The molecule has 0 amide bonds. The van der Waals surface area contributed by atoms with Gasteiger partial charge in [-0.15, -0.1) is 0 Å². The third-order valence-electron chi connectivity index (χ3n) is 5.21. The third kappa shape index (κ3) is 1.97. The summed E-state index contributed by atoms with van der Waals surface area (Å²) in [6, 6.07) is 3.24. The quantitative estimate of drug-likeness (QED) is 0.912. The Kier molecular flexibility index (Phi) is 3.03. The van der Waals surface area contributed by atoms with Gasteiger partial charge in [-0.1, -0.05) is 0 Å². The lowest BCUT2D eigenvalue weighted by Crippen LogP contribution is -2.44. The summed E-state index contributed by atoms with van der Waals surface area (Å²) >= 11 is 0. The molecule has 4 nitrogen and oxygen atoms in total. The Morgan fingerprint density at radius 2 is 2.00 bits per heavy atom. The number of aliphatic carboxylic acids is 1. The van der Waals surface area contributed by atoms with Gasteiger partial charge in [-0.3, -0.25) is 4.79 Å². The summed E-state index contributed by atoms with van der Waals surface area (Å²) in [7, 11) is 0. The van der Waals surface area contributed by atoms with Crippen molar-refractivity contribution in [2.45, 2.75) is 24.5 Å². The van der Waals surface area contributed by atoms with Crippen molar-refractivity contribution >= 4 is 5.97 Å². The number of halogens is 2. The molecule has 0 radical (unpaired) electrons. The van der Waals surface area contributed by atoms with Crippen LogP contribution in [0.4, 0.5) is 8.78 Å². The first-order chi connectivity index (χ1) is 10.5. The Morgan fingerprint density at radius 3 is 2.68 bits per heavy atom. The van der Waals surface area contributed by atoms with E-state index < -0.39 is 35.2 Å². The van der Waals surface area contributed by atoms with Crippen LogP contribution in [0.2, 0.25) is 0 Å². The van der Waals surface area contributed by atoms with Crippen molar-refractivity contribution in [2.75, 3.05) is 13.2 Å². The maximum Gasteiger partial charge on any atom is 0.307 e. The lowest BCUT2D eigenvalue weighted by atomic mass is 9.72. The van der Waals surface area contributed by atoms with Crippen LogP contribution in [-0.2, 0) is 14.3 Å². The minimum atomic E-state index is -1.02. The van der Waals surface area contributed by atoms with Crippen LogP contribution in [0.15, 0.2) is 18.2 Å². The number of ether oxygens (including phenoxy) is 2.